The lowest BCUT2D eigenvalue weighted by atomic mass is 10.1. The van der Waals surface area contributed by atoms with Gasteiger partial charge in [-0.15, -0.1) is 0 Å². The van der Waals surface area contributed by atoms with Gasteiger partial charge in [-0.3, -0.25) is 14.4 Å². The van der Waals surface area contributed by atoms with Crippen molar-refractivity contribution in [2.24, 2.45) is 0 Å². The van der Waals surface area contributed by atoms with Crippen molar-refractivity contribution in [3.63, 3.8) is 0 Å². The highest BCUT2D eigenvalue weighted by Crippen LogP contribution is 2.17. The van der Waals surface area contributed by atoms with Gasteiger partial charge in [0.15, 0.2) is 0 Å². The van der Waals surface area contributed by atoms with Crippen LogP contribution in [0.25, 0.3) is 0 Å². The van der Waals surface area contributed by atoms with Crippen LogP contribution in [0.4, 0.5) is 11.4 Å². The maximum absolute atomic E-state index is 12.3. The summed E-state index contributed by atoms with van der Waals surface area (Å²) >= 11 is 0. The predicted molar refractivity (Wildman–Crippen MR) is 97.2 cm³/mol. The van der Waals surface area contributed by atoms with Crippen molar-refractivity contribution >= 4 is 29.1 Å². The minimum absolute atomic E-state index is 0.115. The van der Waals surface area contributed by atoms with Crippen molar-refractivity contribution in [2.75, 3.05) is 17.7 Å². The molecule has 1 aliphatic rings. The number of ether oxygens (including phenoxy) is 1. The van der Waals surface area contributed by atoms with Gasteiger partial charge in [0.1, 0.15) is 11.8 Å². The summed E-state index contributed by atoms with van der Waals surface area (Å²) in [5, 5.41) is 8.14. The van der Waals surface area contributed by atoms with E-state index in [1.807, 2.05) is 0 Å². The molecule has 3 rings (SSSR count). The molecule has 1 atom stereocenters. The molecule has 1 fully saturated rings. The fourth-order valence-corrected chi connectivity index (χ4v) is 2.62. The van der Waals surface area contributed by atoms with E-state index < -0.39 is 6.04 Å². The monoisotopic (exact) mass is 353 g/mol. The van der Waals surface area contributed by atoms with Crippen LogP contribution in [-0.4, -0.2) is 30.9 Å². The molecule has 1 aliphatic heterocycles. The molecule has 1 saturated heterocycles. The van der Waals surface area contributed by atoms with Crippen LogP contribution < -0.4 is 20.7 Å². The molecule has 0 aliphatic carbocycles. The molecule has 2 aromatic rings. The zero-order valence-electron chi connectivity index (χ0n) is 14.2. The van der Waals surface area contributed by atoms with E-state index in [0.29, 0.717) is 35.5 Å². The van der Waals surface area contributed by atoms with Gasteiger partial charge in [-0.25, -0.2) is 0 Å². The van der Waals surface area contributed by atoms with Crippen molar-refractivity contribution in [3.05, 3.63) is 54.1 Å². The summed E-state index contributed by atoms with van der Waals surface area (Å²) in [6.45, 7) is 0. The summed E-state index contributed by atoms with van der Waals surface area (Å²) in [5.74, 6) is 0.0830. The third-order valence-electron chi connectivity index (χ3n) is 4.07. The zero-order chi connectivity index (χ0) is 18.5. The average molecular weight is 353 g/mol. The van der Waals surface area contributed by atoms with E-state index in [-0.39, 0.29) is 17.7 Å². The Kier molecular flexibility index (Phi) is 5.17. The second-order valence-corrected chi connectivity index (χ2v) is 5.91. The quantitative estimate of drug-likeness (QED) is 0.767. The van der Waals surface area contributed by atoms with Gasteiger partial charge in [0.05, 0.1) is 7.11 Å². The van der Waals surface area contributed by atoms with E-state index in [4.69, 9.17) is 4.74 Å². The predicted octanol–water partition coefficient (Wildman–Crippen LogP) is 2.16. The molecule has 0 radical (unpaired) electrons. The number of anilines is 2. The molecule has 0 aromatic heterocycles. The topological polar surface area (TPSA) is 96.5 Å². The molecule has 2 aromatic carbocycles. The van der Waals surface area contributed by atoms with Crippen LogP contribution in [0.15, 0.2) is 48.5 Å². The van der Waals surface area contributed by atoms with Crippen LogP contribution >= 0.6 is 0 Å². The summed E-state index contributed by atoms with van der Waals surface area (Å²) in [5.41, 5.74) is 1.69. The number of carbonyl (C=O) groups excluding carboxylic acids is 3. The Labute approximate surface area is 150 Å². The summed E-state index contributed by atoms with van der Waals surface area (Å²) < 4.78 is 5.08. The first-order valence-corrected chi connectivity index (χ1v) is 8.21. The molecule has 0 saturated carbocycles. The summed E-state index contributed by atoms with van der Waals surface area (Å²) in [6, 6.07) is 13.1. The lowest BCUT2D eigenvalue weighted by Gasteiger charge is -2.11. The van der Waals surface area contributed by atoms with Crippen molar-refractivity contribution in [1.82, 2.24) is 5.32 Å². The number of carbonyl (C=O) groups is 3. The van der Waals surface area contributed by atoms with E-state index in [0.717, 1.165) is 0 Å². The first-order chi connectivity index (χ1) is 12.5. The van der Waals surface area contributed by atoms with Gasteiger partial charge < -0.3 is 20.7 Å². The summed E-state index contributed by atoms with van der Waals surface area (Å²) in [6.07, 6.45) is 0.857. The second-order valence-electron chi connectivity index (χ2n) is 5.91. The van der Waals surface area contributed by atoms with E-state index in [1.54, 1.807) is 55.6 Å². The molecule has 7 heteroatoms. The van der Waals surface area contributed by atoms with Crippen molar-refractivity contribution in [3.8, 4) is 5.75 Å². The average Bonchev–Trinajstić information content (AvgIpc) is 3.09. The summed E-state index contributed by atoms with van der Waals surface area (Å²) in [7, 11) is 1.58. The number of methoxy groups -OCH3 is 1. The first-order valence-electron chi connectivity index (χ1n) is 8.21. The standard InChI is InChI=1S/C19H19N3O4/c1-26-15-8-6-14(7-9-15)20-18(24)12-2-4-13(5-3-12)21-19(25)16-10-11-17(23)22-16/h2-9,16H,10-11H2,1H3,(H,20,24)(H,21,25)(H,22,23)/t16-/m0/s1. The van der Waals surface area contributed by atoms with Gasteiger partial charge in [0.2, 0.25) is 11.8 Å². The Bertz CT molecular complexity index is 816. The van der Waals surface area contributed by atoms with E-state index >= 15 is 0 Å². The van der Waals surface area contributed by atoms with Crippen molar-refractivity contribution in [2.45, 2.75) is 18.9 Å². The largest absolute Gasteiger partial charge is 0.497 e. The van der Waals surface area contributed by atoms with E-state index in [1.165, 1.54) is 0 Å². The van der Waals surface area contributed by atoms with Crippen LogP contribution in [0.3, 0.4) is 0 Å². The molecule has 3 N–H and O–H groups in total. The Morgan fingerprint density at radius 1 is 1.00 bits per heavy atom. The third-order valence-corrected chi connectivity index (χ3v) is 4.07. The highest BCUT2D eigenvalue weighted by molar-refractivity contribution is 6.05. The lowest BCUT2D eigenvalue weighted by Crippen LogP contribution is -2.37. The van der Waals surface area contributed by atoms with Crippen molar-refractivity contribution in [1.29, 1.82) is 0 Å². The van der Waals surface area contributed by atoms with Gasteiger partial charge in [0.25, 0.3) is 5.91 Å². The zero-order valence-corrected chi connectivity index (χ0v) is 14.2. The van der Waals surface area contributed by atoms with Gasteiger partial charge in [0, 0.05) is 23.4 Å². The van der Waals surface area contributed by atoms with Crippen LogP contribution in [0.5, 0.6) is 5.75 Å². The number of hydrogen-bond acceptors (Lipinski definition) is 4. The summed E-state index contributed by atoms with van der Waals surface area (Å²) in [4.78, 5) is 35.5. The molecule has 0 bridgehead atoms. The number of rotatable bonds is 5. The number of amides is 3. The first kappa shape index (κ1) is 17.5. The Morgan fingerprint density at radius 3 is 2.19 bits per heavy atom. The van der Waals surface area contributed by atoms with Gasteiger partial charge in [-0.05, 0) is 55.0 Å². The minimum Gasteiger partial charge on any atom is -0.497 e. The molecule has 3 amide bonds. The molecule has 1 heterocycles. The molecular weight excluding hydrogens is 334 g/mol. The minimum atomic E-state index is -0.499. The molecule has 7 nitrogen and oxygen atoms in total. The van der Waals surface area contributed by atoms with Gasteiger partial charge >= 0.3 is 0 Å². The van der Waals surface area contributed by atoms with Crippen LogP contribution in [0, 0.1) is 0 Å². The highest BCUT2D eigenvalue weighted by atomic mass is 16.5. The normalized spacial score (nSPS) is 15.9. The SMILES string of the molecule is COc1ccc(NC(=O)c2ccc(NC(=O)[C@@H]3CCC(=O)N3)cc2)cc1. The molecule has 26 heavy (non-hydrogen) atoms. The fraction of sp³-hybridized carbons (Fsp3) is 0.211. The van der Waals surface area contributed by atoms with Gasteiger partial charge in [-0.2, -0.15) is 0 Å². The smallest absolute Gasteiger partial charge is 0.255 e. The molecule has 0 unspecified atom stereocenters. The molecule has 134 valence electrons. The number of hydrogen-bond donors (Lipinski definition) is 3. The third kappa shape index (κ3) is 4.18. The van der Waals surface area contributed by atoms with E-state index in [2.05, 4.69) is 16.0 Å². The lowest BCUT2D eigenvalue weighted by molar-refractivity contribution is -0.122. The van der Waals surface area contributed by atoms with Crippen LogP contribution in [0.2, 0.25) is 0 Å². The van der Waals surface area contributed by atoms with E-state index in [9.17, 15) is 14.4 Å². The Morgan fingerprint density at radius 2 is 1.62 bits per heavy atom. The Balaban J connectivity index is 1.58. The van der Waals surface area contributed by atoms with Crippen LogP contribution in [-0.2, 0) is 9.59 Å². The van der Waals surface area contributed by atoms with Gasteiger partial charge in [-0.1, -0.05) is 0 Å². The molecular formula is C19H19N3O4. The van der Waals surface area contributed by atoms with Crippen LogP contribution in [0.1, 0.15) is 23.2 Å². The second kappa shape index (κ2) is 7.69. The molecule has 0 spiro atoms. The number of benzene rings is 2. The Hall–Kier alpha value is -3.35. The number of nitrogens with one attached hydrogen (secondary N) is 3. The maximum Gasteiger partial charge on any atom is 0.255 e. The fourth-order valence-electron chi connectivity index (χ4n) is 2.62. The highest BCUT2D eigenvalue weighted by Gasteiger charge is 2.27. The van der Waals surface area contributed by atoms with Crippen molar-refractivity contribution < 1.29 is 19.1 Å². The maximum atomic E-state index is 12.3.